The molecule has 106 valence electrons. The van der Waals surface area contributed by atoms with Crippen molar-refractivity contribution in [2.75, 3.05) is 23.3 Å². The Bertz CT molecular complexity index is 413. The second-order valence-corrected chi connectivity index (χ2v) is 5.79. The van der Waals surface area contributed by atoms with Crippen molar-refractivity contribution in [2.45, 2.75) is 53.0 Å². The lowest BCUT2D eigenvalue weighted by atomic mass is 10.2. The van der Waals surface area contributed by atoms with Crippen LogP contribution in [-0.2, 0) is 0 Å². The molecule has 4 nitrogen and oxygen atoms in total. The summed E-state index contributed by atoms with van der Waals surface area (Å²) >= 11 is 0. The number of hydrogen-bond acceptors (Lipinski definition) is 4. The first-order valence-electron chi connectivity index (χ1n) is 7.45. The Morgan fingerprint density at radius 1 is 1.37 bits per heavy atom. The minimum atomic E-state index is 0.480. The maximum Gasteiger partial charge on any atom is 0.137 e. The van der Waals surface area contributed by atoms with E-state index in [1.54, 1.807) is 6.33 Å². The lowest BCUT2D eigenvalue weighted by Gasteiger charge is -2.29. The van der Waals surface area contributed by atoms with E-state index in [9.17, 15) is 0 Å². The number of rotatable bonds is 7. The van der Waals surface area contributed by atoms with Gasteiger partial charge in [0.25, 0.3) is 0 Å². The summed E-state index contributed by atoms with van der Waals surface area (Å²) in [6, 6.07) is 0.480. The van der Waals surface area contributed by atoms with Gasteiger partial charge in [-0.1, -0.05) is 6.92 Å². The SMILES string of the molecule is CCCNc1ncnc(N(CC2CC2)C(C)C)c1C. The molecule has 1 saturated carbocycles. The van der Waals surface area contributed by atoms with E-state index in [0.717, 1.165) is 37.1 Å². The average Bonchev–Trinajstić information content (AvgIpc) is 3.19. The fraction of sp³-hybridized carbons (Fsp3) is 0.733. The molecule has 2 rings (SSSR count). The Morgan fingerprint density at radius 3 is 2.68 bits per heavy atom. The van der Waals surface area contributed by atoms with Crippen LogP contribution >= 0.6 is 0 Å². The number of nitrogens with zero attached hydrogens (tertiary/aromatic N) is 3. The van der Waals surface area contributed by atoms with Crippen LogP contribution in [0.2, 0.25) is 0 Å². The molecule has 0 spiro atoms. The summed E-state index contributed by atoms with van der Waals surface area (Å²) in [6.45, 7) is 10.9. The highest BCUT2D eigenvalue weighted by Crippen LogP contribution is 2.33. The van der Waals surface area contributed by atoms with Crippen LogP contribution in [0, 0.1) is 12.8 Å². The third-order valence-corrected chi connectivity index (χ3v) is 3.65. The van der Waals surface area contributed by atoms with E-state index in [2.05, 4.69) is 47.9 Å². The number of nitrogens with one attached hydrogen (secondary N) is 1. The van der Waals surface area contributed by atoms with Crippen LogP contribution in [0.25, 0.3) is 0 Å². The largest absolute Gasteiger partial charge is 0.370 e. The van der Waals surface area contributed by atoms with Gasteiger partial charge in [-0.2, -0.15) is 0 Å². The van der Waals surface area contributed by atoms with Gasteiger partial charge in [-0.3, -0.25) is 0 Å². The summed E-state index contributed by atoms with van der Waals surface area (Å²) < 4.78 is 0. The van der Waals surface area contributed by atoms with Crippen molar-refractivity contribution in [1.29, 1.82) is 0 Å². The summed E-state index contributed by atoms with van der Waals surface area (Å²) in [7, 11) is 0. The van der Waals surface area contributed by atoms with Gasteiger partial charge in [0.05, 0.1) is 0 Å². The number of aromatic nitrogens is 2. The van der Waals surface area contributed by atoms with Crippen LogP contribution in [0.15, 0.2) is 6.33 Å². The molecule has 1 heterocycles. The Kier molecular flexibility index (Phi) is 4.61. The maximum absolute atomic E-state index is 4.52. The smallest absolute Gasteiger partial charge is 0.137 e. The van der Waals surface area contributed by atoms with E-state index in [0.29, 0.717) is 6.04 Å². The highest BCUT2D eigenvalue weighted by Gasteiger charge is 2.27. The van der Waals surface area contributed by atoms with E-state index < -0.39 is 0 Å². The van der Waals surface area contributed by atoms with Crippen molar-refractivity contribution in [1.82, 2.24) is 9.97 Å². The lowest BCUT2D eigenvalue weighted by Crippen LogP contribution is -2.34. The Hall–Kier alpha value is -1.32. The first-order valence-corrected chi connectivity index (χ1v) is 7.45. The molecular formula is C15H26N4. The fourth-order valence-electron chi connectivity index (χ4n) is 2.27. The van der Waals surface area contributed by atoms with Crippen LogP contribution < -0.4 is 10.2 Å². The van der Waals surface area contributed by atoms with E-state index >= 15 is 0 Å². The van der Waals surface area contributed by atoms with E-state index in [1.807, 2.05) is 0 Å². The third-order valence-electron chi connectivity index (χ3n) is 3.65. The zero-order valence-electron chi connectivity index (χ0n) is 12.6. The van der Waals surface area contributed by atoms with Crippen molar-refractivity contribution in [3.63, 3.8) is 0 Å². The van der Waals surface area contributed by atoms with Crippen LogP contribution in [0.1, 0.15) is 45.6 Å². The van der Waals surface area contributed by atoms with Gasteiger partial charge >= 0.3 is 0 Å². The molecule has 0 amide bonds. The molecular weight excluding hydrogens is 236 g/mol. The van der Waals surface area contributed by atoms with Crippen molar-refractivity contribution >= 4 is 11.6 Å². The molecule has 1 aliphatic carbocycles. The Labute approximate surface area is 116 Å². The molecule has 1 N–H and O–H groups in total. The van der Waals surface area contributed by atoms with Gasteiger partial charge < -0.3 is 10.2 Å². The first-order chi connectivity index (χ1) is 9.13. The first kappa shape index (κ1) is 14.1. The molecule has 1 aromatic heterocycles. The molecule has 1 aliphatic rings. The van der Waals surface area contributed by atoms with Gasteiger partial charge in [0, 0.05) is 24.7 Å². The predicted molar refractivity (Wildman–Crippen MR) is 80.8 cm³/mol. The van der Waals surface area contributed by atoms with E-state index in [4.69, 9.17) is 0 Å². The van der Waals surface area contributed by atoms with Crippen LogP contribution in [0.3, 0.4) is 0 Å². The van der Waals surface area contributed by atoms with Gasteiger partial charge in [0.15, 0.2) is 0 Å². The molecule has 0 aliphatic heterocycles. The third kappa shape index (κ3) is 3.58. The fourth-order valence-corrected chi connectivity index (χ4v) is 2.27. The van der Waals surface area contributed by atoms with Crippen molar-refractivity contribution in [3.05, 3.63) is 11.9 Å². The highest BCUT2D eigenvalue weighted by atomic mass is 15.2. The summed E-state index contributed by atoms with van der Waals surface area (Å²) in [5, 5.41) is 3.39. The zero-order valence-corrected chi connectivity index (χ0v) is 12.6. The standard InChI is InChI=1S/C15H26N4/c1-5-8-16-14-12(4)15(18-10-17-14)19(11(2)3)9-13-6-7-13/h10-11,13H,5-9H2,1-4H3,(H,16,17,18). The minimum absolute atomic E-state index is 0.480. The quantitative estimate of drug-likeness (QED) is 0.819. The monoisotopic (exact) mass is 262 g/mol. The van der Waals surface area contributed by atoms with Crippen molar-refractivity contribution in [3.8, 4) is 0 Å². The lowest BCUT2D eigenvalue weighted by molar-refractivity contribution is 0.634. The summed E-state index contributed by atoms with van der Waals surface area (Å²) in [5.41, 5.74) is 1.17. The van der Waals surface area contributed by atoms with Gasteiger partial charge in [-0.05, 0) is 46.0 Å². The molecule has 0 saturated heterocycles. The normalized spacial score (nSPS) is 14.8. The summed E-state index contributed by atoms with van der Waals surface area (Å²) in [6.07, 6.45) is 5.53. The Morgan fingerprint density at radius 2 is 2.11 bits per heavy atom. The average molecular weight is 262 g/mol. The van der Waals surface area contributed by atoms with Gasteiger partial charge in [-0.25, -0.2) is 9.97 Å². The van der Waals surface area contributed by atoms with Crippen LogP contribution in [-0.4, -0.2) is 29.1 Å². The molecule has 1 aromatic rings. The molecule has 0 radical (unpaired) electrons. The van der Waals surface area contributed by atoms with Crippen LogP contribution in [0.4, 0.5) is 11.6 Å². The zero-order chi connectivity index (χ0) is 13.8. The molecule has 0 bridgehead atoms. The van der Waals surface area contributed by atoms with Gasteiger partial charge in [0.1, 0.15) is 18.0 Å². The number of anilines is 2. The van der Waals surface area contributed by atoms with Crippen molar-refractivity contribution in [2.24, 2.45) is 5.92 Å². The van der Waals surface area contributed by atoms with E-state index in [-0.39, 0.29) is 0 Å². The van der Waals surface area contributed by atoms with E-state index in [1.165, 1.54) is 18.4 Å². The molecule has 0 aromatic carbocycles. The molecule has 0 unspecified atom stereocenters. The van der Waals surface area contributed by atoms with Gasteiger partial charge in [0.2, 0.25) is 0 Å². The summed E-state index contributed by atoms with van der Waals surface area (Å²) in [5.74, 6) is 2.94. The predicted octanol–water partition coefficient (Wildman–Crippen LogP) is 3.23. The summed E-state index contributed by atoms with van der Waals surface area (Å²) in [4.78, 5) is 11.3. The second-order valence-electron chi connectivity index (χ2n) is 5.79. The molecule has 1 fully saturated rings. The van der Waals surface area contributed by atoms with Crippen molar-refractivity contribution < 1.29 is 0 Å². The second kappa shape index (κ2) is 6.22. The molecule has 19 heavy (non-hydrogen) atoms. The highest BCUT2D eigenvalue weighted by molar-refractivity contribution is 5.58. The maximum atomic E-state index is 4.52. The number of hydrogen-bond donors (Lipinski definition) is 1. The Balaban J connectivity index is 2.20. The van der Waals surface area contributed by atoms with Crippen LogP contribution in [0.5, 0.6) is 0 Å². The molecule has 4 heteroatoms. The topological polar surface area (TPSA) is 41.1 Å². The minimum Gasteiger partial charge on any atom is -0.370 e. The van der Waals surface area contributed by atoms with Gasteiger partial charge in [-0.15, -0.1) is 0 Å². The molecule has 0 atom stereocenters.